The Morgan fingerprint density at radius 2 is 2.17 bits per heavy atom. The molecular formula is C13H21N3O2. The van der Waals surface area contributed by atoms with Crippen molar-refractivity contribution < 1.29 is 9.94 Å². The van der Waals surface area contributed by atoms with Crippen LogP contribution in [-0.2, 0) is 0 Å². The maximum Gasteiger partial charge on any atom is 0.170 e. The van der Waals surface area contributed by atoms with Crippen LogP contribution in [-0.4, -0.2) is 43.2 Å². The normalized spacial score (nSPS) is 11.9. The van der Waals surface area contributed by atoms with Crippen molar-refractivity contribution >= 4 is 5.84 Å². The van der Waals surface area contributed by atoms with Gasteiger partial charge in [0.05, 0.1) is 6.61 Å². The van der Waals surface area contributed by atoms with Crippen LogP contribution >= 0.6 is 0 Å². The third kappa shape index (κ3) is 4.25. The smallest absolute Gasteiger partial charge is 0.170 e. The minimum absolute atomic E-state index is 0.0909. The number of nitrogens with zero attached hydrogens (tertiary/aromatic N) is 2. The van der Waals surface area contributed by atoms with Crippen molar-refractivity contribution in [3.05, 3.63) is 29.3 Å². The van der Waals surface area contributed by atoms with Gasteiger partial charge in [0, 0.05) is 12.1 Å². The van der Waals surface area contributed by atoms with Crippen molar-refractivity contribution in [3.63, 3.8) is 0 Å². The van der Waals surface area contributed by atoms with Gasteiger partial charge in [0.1, 0.15) is 5.75 Å². The molecule has 0 fully saturated rings. The van der Waals surface area contributed by atoms with E-state index in [4.69, 9.17) is 15.7 Å². The summed E-state index contributed by atoms with van der Waals surface area (Å²) in [6.07, 6.45) is 0.959. The van der Waals surface area contributed by atoms with E-state index in [-0.39, 0.29) is 5.84 Å². The molecule has 0 unspecified atom stereocenters. The zero-order chi connectivity index (χ0) is 13.5. The van der Waals surface area contributed by atoms with E-state index in [0.717, 1.165) is 24.3 Å². The average molecular weight is 251 g/mol. The SMILES string of the molecule is Cc1ccc(/C(N)=N/O)cc1OCCCN(C)C. The maximum atomic E-state index is 8.64. The number of benzene rings is 1. The standard InChI is InChI=1S/C13H21N3O2/c1-10-5-6-11(13(14)15-17)9-12(10)18-8-4-7-16(2)3/h5-6,9,17H,4,7-8H2,1-3H3,(H2,14,15). The first-order chi connectivity index (χ1) is 8.54. The molecule has 0 aliphatic carbocycles. The molecule has 0 amide bonds. The van der Waals surface area contributed by atoms with Crippen molar-refractivity contribution in [2.75, 3.05) is 27.2 Å². The van der Waals surface area contributed by atoms with Crippen molar-refractivity contribution in [2.45, 2.75) is 13.3 Å². The van der Waals surface area contributed by atoms with Crippen LogP contribution in [0.4, 0.5) is 0 Å². The topological polar surface area (TPSA) is 71.1 Å². The number of ether oxygens (including phenoxy) is 1. The third-order valence-electron chi connectivity index (χ3n) is 2.60. The second-order valence-corrected chi connectivity index (χ2v) is 4.47. The van der Waals surface area contributed by atoms with Crippen LogP contribution in [0.1, 0.15) is 17.5 Å². The fourth-order valence-electron chi connectivity index (χ4n) is 1.54. The van der Waals surface area contributed by atoms with Crippen LogP contribution in [0.25, 0.3) is 0 Å². The van der Waals surface area contributed by atoms with Gasteiger partial charge in [0.25, 0.3) is 0 Å². The average Bonchev–Trinajstić information content (AvgIpc) is 2.35. The Morgan fingerprint density at radius 1 is 1.44 bits per heavy atom. The molecule has 0 aliphatic heterocycles. The predicted molar refractivity (Wildman–Crippen MR) is 72.4 cm³/mol. The molecule has 18 heavy (non-hydrogen) atoms. The summed E-state index contributed by atoms with van der Waals surface area (Å²) >= 11 is 0. The fourth-order valence-corrected chi connectivity index (χ4v) is 1.54. The molecule has 100 valence electrons. The van der Waals surface area contributed by atoms with Crippen LogP contribution in [0.5, 0.6) is 5.75 Å². The summed E-state index contributed by atoms with van der Waals surface area (Å²) < 4.78 is 5.70. The number of hydrogen-bond donors (Lipinski definition) is 2. The van der Waals surface area contributed by atoms with E-state index >= 15 is 0 Å². The van der Waals surface area contributed by atoms with Crippen LogP contribution < -0.4 is 10.5 Å². The summed E-state index contributed by atoms with van der Waals surface area (Å²) in [5.74, 6) is 0.867. The van der Waals surface area contributed by atoms with Crippen LogP contribution in [0.3, 0.4) is 0 Å². The van der Waals surface area contributed by atoms with Crippen molar-refractivity contribution in [2.24, 2.45) is 10.9 Å². The number of amidine groups is 1. The summed E-state index contributed by atoms with van der Waals surface area (Å²) in [5.41, 5.74) is 7.24. The molecule has 0 bridgehead atoms. The van der Waals surface area contributed by atoms with Gasteiger partial charge in [0.15, 0.2) is 5.84 Å². The highest BCUT2D eigenvalue weighted by molar-refractivity contribution is 5.97. The number of nitrogens with two attached hydrogens (primary N) is 1. The first kappa shape index (κ1) is 14.3. The van der Waals surface area contributed by atoms with Gasteiger partial charge in [-0.1, -0.05) is 17.3 Å². The maximum absolute atomic E-state index is 8.64. The van der Waals surface area contributed by atoms with Gasteiger partial charge in [-0.25, -0.2) is 0 Å². The molecule has 1 aromatic carbocycles. The van der Waals surface area contributed by atoms with Gasteiger partial charge >= 0.3 is 0 Å². The highest BCUT2D eigenvalue weighted by atomic mass is 16.5. The molecule has 0 saturated heterocycles. The zero-order valence-corrected chi connectivity index (χ0v) is 11.2. The summed E-state index contributed by atoms with van der Waals surface area (Å²) in [7, 11) is 4.06. The summed E-state index contributed by atoms with van der Waals surface area (Å²) in [5, 5.41) is 11.6. The Morgan fingerprint density at radius 3 is 2.78 bits per heavy atom. The lowest BCUT2D eigenvalue weighted by atomic mass is 10.1. The van der Waals surface area contributed by atoms with Gasteiger partial charge in [-0.15, -0.1) is 0 Å². The molecule has 5 nitrogen and oxygen atoms in total. The van der Waals surface area contributed by atoms with E-state index in [1.807, 2.05) is 27.1 Å². The first-order valence-electron chi connectivity index (χ1n) is 5.90. The van der Waals surface area contributed by atoms with Crippen LogP contribution in [0.15, 0.2) is 23.4 Å². The van der Waals surface area contributed by atoms with Gasteiger partial charge in [-0.3, -0.25) is 0 Å². The quantitative estimate of drug-likeness (QED) is 0.264. The minimum Gasteiger partial charge on any atom is -0.493 e. The molecular weight excluding hydrogens is 230 g/mol. The molecule has 0 aromatic heterocycles. The predicted octanol–water partition coefficient (Wildman–Crippen LogP) is 1.42. The molecule has 1 aromatic rings. The van der Waals surface area contributed by atoms with Crippen LogP contribution in [0, 0.1) is 6.92 Å². The Balaban J connectivity index is 2.64. The molecule has 0 radical (unpaired) electrons. The monoisotopic (exact) mass is 251 g/mol. The van der Waals surface area contributed by atoms with E-state index in [0.29, 0.717) is 12.2 Å². The second-order valence-electron chi connectivity index (χ2n) is 4.47. The molecule has 0 aliphatic rings. The van der Waals surface area contributed by atoms with Crippen LogP contribution in [0.2, 0.25) is 0 Å². The van der Waals surface area contributed by atoms with Gasteiger partial charge in [-0.05, 0) is 39.1 Å². The lowest BCUT2D eigenvalue weighted by Gasteiger charge is -2.12. The van der Waals surface area contributed by atoms with E-state index in [2.05, 4.69) is 10.1 Å². The Hall–Kier alpha value is -1.75. The van der Waals surface area contributed by atoms with E-state index in [9.17, 15) is 0 Å². The summed E-state index contributed by atoms with van der Waals surface area (Å²) in [6, 6.07) is 5.49. The molecule has 0 saturated carbocycles. The minimum atomic E-state index is 0.0909. The molecule has 3 N–H and O–H groups in total. The molecule has 0 atom stereocenters. The Labute approximate surface area is 108 Å². The Kier molecular flexibility index (Phi) is 5.45. The highest BCUT2D eigenvalue weighted by Crippen LogP contribution is 2.19. The van der Waals surface area contributed by atoms with Gasteiger partial charge in [0.2, 0.25) is 0 Å². The molecule has 0 heterocycles. The lowest BCUT2D eigenvalue weighted by Crippen LogP contribution is -2.16. The largest absolute Gasteiger partial charge is 0.493 e. The lowest BCUT2D eigenvalue weighted by molar-refractivity contribution is 0.280. The zero-order valence-electron chi connectivity index (χ0n) is 11.2. The first-order valence-corrected chi connectivity index (χ1v) is 5.90. The summed E-state index contributed by atoms with van der Waals surface area (Å²) in [6.45, 7) is 3.61. The van der Waals surface area contributed by atoms with Crippen molar-refractivity contribution in [3.8, 4) is 5.75 Å². The number of aryl methyl sites for hydroxylation is 1. The summed E-state index contributed by atoms with van der Waals surface area (Å²) in [4.78, 5) is 2.11. The molecule has 0 spiro atoms. The number of hydrogen-bond acceptors (Lipinski definition) is 4. The van der Waals surface area contributed by atoms with E-state index in [1.165, 1.54) is 0 Å². The van der Waals surface area contributed by atoms with Gasteiger partial charge < -0.3 is 20.6 Å². The van der Waals surface area contributed by atoms with E-state index < -0.39 is 0 Å². The van der Waals surface area contributed by atoms with Crippen molar-refractivity contribution in [1.82, 2.24) is 4.90 Å². The van der Waals surface area contributed by atoms with Crippen molar-refractivity contribution in [1.29, 1.82) is 0 Å². The fraction of sp³-hybridized carbons (Fsp3) is 0.462. The molecule has 1 rings (SSSR count). The highest BCUT2D eigenvalue weighted by Gasteiger charge is 2.05. The van der Waals surface area contributed by atoms with Gasteiger partial charge in [-0.2, -0.15) is 0 Å². The second kappa shape index (κ2) is 6.86. The third-order valence-corrected chi connectivity index (χ3v) is 2.60. The molecule has 5 heteroatoms. The Bertz CT molecular complexity index is 417. The number of rotatable bonds is 6. The number of oxime groups is 1. The van der Waals surface area contributed by atoms with E-state index in [1.54, 1.807) is 12.1 Å².